The molecule has 0 aromatic carbocycles. The predicted octanol–water partition coefficient (Wildman–Crippen LogP) is -3.93. The van der Waals surface area contributed by atoms with Gasteiger partial charge in [0.15, 0.2) is 0 Å². The van der Waals surface area contributed by atoms with Crippen molar-refractivity contribution in [2.75, 3.05) is 0 Å². The van der Waals surface area contributed by atoms with Crippen LogP contribution >= 0.6 is 7.82 Å². The molecule has 0 saturated carbocycles. The van der Waals surface area contributed by atoms with Gasteiger partial charge < -0.3 is 19.2 Å². The van der Waals surface area contributed by atoms with Crippen molar-refractivity contribution >= 4 is 35.6 Å². The Hall–Kier alpha value is 0.472. The zero-order valence-electron chi connectivity index (χ0n) is 5.18. The van der Waals surface area contributed by atoms with E-state index in [2.05, 4.69) is 4.33 Å². The largest absolute Gasteiger partial charge is 3.00 e. The first-order chi connectivity index (χ1) is 4.56. The second-order valence-corrected chi connectivity index (χ2v) is 2.85. The van der Waals surface area contributed by atoms with Crippen molar-refractivity contribution < 1.29 is 41.8 Å². The molecule has 0 bridgehead atoms. The number of hydrogen-bond donors (Lipinski definition) is 2. The molecule has 9 nitrogen and oxygen atoms in total. The third-order valence-corrected chi connectivity index (χ3v) is 0.283. The van der Waals surface area contributed by atoms with E-state index >= 15 is 0 Å². The van der Waals surface area contributed by atoms with Crippen molar-refractivity contribution in [1.29, 1.82) is 0 Å². The van der Waals surface area contributed by atoms with Crippen molar-refractivity contribution in [1.82, 2.24) is 0 Å². The average molecular weight is 236 g/mol. The molecule has 12 heteroatoms. The molecule has 0 aliphatic rings. The monoisotopic (exact) mass is 236 g/mol. The Balaban J connectivity index is -0.000000126. The van der Waals surface area contributed by atoms with E-state index in [4.69, 9.17) is 37.5 Å². The molecule has 0 aromatic rings. The Bertz CT molecular complexity index is 213. The quantitative estimate of drug-likeness (QED) is 0.151. The van der Waals surface area contributed by atoms with Crippen LogP contribution in [0.15, 0.2) is 0 Å². The summed E-state index contributed by atoms with van der Waals surface area (Å²) in [6.07, 6.45) is 0. The molecular weight excluding hydrogens is 234 g/mol. The smallest absolute Gasteiger partial charge is 0.822 e. The Morgan fingerprint density at radius 2 is 1.33 bits per heavy atom. The van der Waals surface area contributed by atoms with Gasteiger partial charge in [-0.25, -0.2) is 5.26 Å². The van der Waals surface area contributed by atoms with E-state index in [0.717, 1.165) is 0 Å². The van der Waals surface area contributed by atoms with Crippen molar-refractivity contribution in [3.8, 4) is 0 Å². The fraction of sp³-hybridized carbons (Fsp3) is 0. The van der Waals surface area contributed by atoms with Gasteiger partial charge in [0.2, 0.25) is 0 Å². The maximum absolute atomic E-state index is 9.08. The Morgan fingerprint density at radius 1 is 1.25 bits per heavy atom. The Labute approximate surface area is 77.9 Å². The molecule has 0 spiro atoms. The second kappa shape index (κ2) is 6.93. The van der Waals surface area contributed by atoms with Crippen LogP contribution in [-0.2, 0) is 19.3 Å². The summed E-state index contributed by atoms with van der Waals surface area (Å²) >= 11 is 0. The molecule has 0 unspecified atom stereocenters. The van der Waals surface area contributed by atoms with Gasteiger partial charge >= 0.3 is 27.8 Å². The normalized spacial score (nSPS) is 10.8. The van der Waals surface area contributed by atoms with E-state index in [9.17, 15) is 0 Å². The molecule has 0 rings (SSSR count). The summed E-state index contributed by atoms with van der Waals surface area (Å²) < 4.78 is 36.5. The van der Waals surface area contributed by atoms with Gasteiger partial charge in [0.25, 0.3) is 0 Å². The van der Waals surface area contributed by atoms with Crippen molar-refractivity contribution in [2.45, 2.75) is 0 Å². The van der Waals surface area contributed by atoms with E-state index in [1.807, 2.05) is 0 Å². The van der Waals surface area contributed by atoms with Crippen LogP contribution in [-0.4, -0.2) is 35.6 Å². The van der Waals surface area contributed by atoms with Gasteiger partial charge in [-0.3, -0.25) is 4.55 Å². The molecule has 0 heterocycles. The molecule has 0 amide bonds. The van der Waals surface area contributed by atoms with Crippen LogP contribution in [0, 0.1) is 0 Å². The summed E-state index contributed by atoms with van der Waals surface area (Å²) in [6, 6.07) is 0. The third-order valence-electron chi connectivity index (χ3n) is 0.0942. The molecule has 0 radical (unpaired) electrons. The Kier molecular flexibility index (Phi) is 10.6. The van der Waals surface area contributed by atoms with Gasteiger partial charge in [0.1, 0.15) is 0 Å². The minimum atomic E-state index is -5.39. The molecule has 0 aromatic heterocycles. The molecule has 0 aliphatic heterocycles. The van der Waals surface area contributed by atoms with Gasteiger partial charge in [0, 0.05) is 0 Å². The third kappa shape index (κ3) is 77.9. The molecule has 2 N–H and O–H groups in total. The van der Waals surface area contributed by atoms with Gasteiger partial charge in [-0.15, -0.1) is 0 Å². The van der Waals surface area contributed by atoms with Crippen LogP contribution in [0.1, 0.15) is 0 Å². The fourth-order valence-electron chi connectivity index (χ4n) is 0. The average Bonchev–Trinajstić information content (AvgIpc) is 1.59. The zero-order chi connectivity index (χ0) is 9.71. The molecule has 0 saturated heterocycles. The minimum Gasteiger partial charge on any atom is -0.822 e. The van der Waals surface area contributed by atoms with Crippen LogP contribution in [0.5, 0.6) is 0 Å². The molecule has 70 valence electrons. The first kappa shape index (κ1) is 18.3. The second-order valence-electron chi connectivity index (χ2n) is 0.949. The minimum absolute atomic E-state index is 0. The van der Waals surface area contributed by atoms with Crippen molar-refractivity contribution in [3.63, 3.8) is 0 Å². The van der Waals surface area contributed by atoms with Crippen LogP contribution in [0.4, 0.5) is 0 Å². The molecule has 0 atom stereocenters. The molecule has 0 aliphatic carbocycles. The topological polar surface area (TPSA) is 170 Å². The molecular formula is H2AlO9PS. The van der Waals surface area contributed by atoms with Crippen LogP contribution in [0.25, 0.3) is 0 Å². The number of rotatable bonds is 1. The first-order valence-corrected chi connectivity index (χ1v) is 4.42. The van der Waals surface area contributed by atoms with E-state index < -0.39 is 18.2 Å². The standard InChI is InChI=1S/Al.H2O5S.H3O4P/c;1-5-6(2,3)4;1-5(2,3)4/h;1H,(H,2,3,4);(H3,1,2,3,4)/q+3;;/p-3. The number of phosphoric acid groups is 1. The summed E-state index contributed by atoms with van der Waals surface area (Å²) in [7, 11) is -10.00. The van der Waals surface area contributed by atoms with Gasteiger partial charge in [-0.2, -0.15) is 16.2 Å². The van der Waals surface area contributed by atoms with E-state index in [1.165, 1.54) is 0 Å². The van der Waals surface area contributed by atoms with Gasteiger partial charge in [-0.1, -0.05) is 4.33 Å². The summed E-state index contributed by atoms with van der Waals surface area (Å²) in [5.41, 5.74) is 0. The SMILES string of the molecule is O=P([O-])([O-])[O-].O=S(=O)(O)OO.[Al+3]. The Morgan fingerprint density at radius 3 is 1.33 bits per heavy atom. The summed E-state index contributed by atoms with van der Waals surface area (Å²) in [5, 5.41) is 7.06. The summed E-state index contributed by atoms with van der Waals surface area (Å²) in [6.45, 7) is 0. The van der Waals surface area contributed by atoms with Crippen LogP contribution < -0.4 is 14.7 Å². The summed E-state index contributed by atoms with van der Waals surface area (Å²) in [5.74, 6) is 0. The van der Waals surface area contributed by atoms with E-state index in [0.29, 0.717) is 0 Å². The van der Waals surface area contributed by atoms with Gasteiger partial charge in [0.05, 0.1) is 0 Å². The fourth-order valence-corrected chi connectivity index (χ4v) is 0. The van der Waals surface area contributed by atoms with Crippen molar-refractivity contribution in [2.24, 2.45) is 0 Å². The first-order valence-electron chi connectivity index (χ1n) is 1.60. The van der Waals surface area contributed by atoms with E-state index in [-0.39, 0.29) is 17.4 Å². The maximum Gasteiger partial charge on any atom is 3.00 e. The van der Waals surface area contributed by atoms with Crippen LogP contribution in [0.2, 0.25) is 0 Å². The zero-order valence-corrected chi connectivity index (χ0v) is 8.05. The van der Waals surface area contributed by atoms with Crippen molar-refractivity contribution in [3.05, 3.63) is 0 Å². The maximum atomic E-state index is 9.08. The molecule has 12 heavy (non-hydrogen) atoms. The molecule has 0 fully saturated rings. The van der Waals surface area contributed by atoms with E-state index in [1.54, 1.807) is 0 Å². The van der Waals surface area contributed by atoms with Crippen LogP contribution in [0.3, 0.4) is 0 Å². The predicted molar refractivity (Wildman–Crippen MR) is 28.6 cm³/mol. The van der Waals surface area contributed by atoms with Gasteiger partial charge in [-0.05, 0) is 0 Å². The number of hydrogen-bond acceptors (Lipinski definition) is 8. The summed E-state index contributed by atoms with van der Waals surface area (Å²) in [4.78, 5) is 25.6.